The lowest BCUT2D eigenvalue weighted by Gasteiger charge is -2.37. The molecule has 9 heteroatoms. The van der Waals surface area contributed by atoms with Crippen LogP contribution in [-0.4, -0.2) is 46.9 Å². The summed E-state index contributed by atoms with van der Waals surface area (Å²) >= 11 is 0. The fraction of sp³-hybridized carbons (Fsp3) is 0.379. The van der Waals surface area contributed by atoms with Gasteiger partial charge in [-0.15, -0.1) is 0 Å². The Kier molecular flexibility index (Phi) is 7.55. The molecule has 1 unspecified atom stereocenters. The van der Waals surface area contributed by atoms with Crippen molar-refractivity contribution in [3.05, 3.63) is 83.2 Å². The van der Waals surface area contributed by atoms with E-state index in [1.165, 1.54) is 0 Å². The van der Waals surface area contributed by atoms with E-state index in [-0.39, 0.29) is 35.4 Å². The molecule has 0 spiro atoms. The minimum Gasteiger partial charge on any atom is -0.360 e. The molecule has 38 heavy (non-hydrogen) atoms. The Morgan fingerprint density at radius 1 is 0.974 bits per heavy atom. The van der Waals surface area contributed by atoms with E-state index in [1.807, 2.05) is 48.5 Å². The van der Waals surface area contributed by atoms with Crippen LogP contribution in [0.3, 0.4) is 0 Å². The van der Waals surface area contributed by atoms with Gasteiger partial charge in [-0.2, -0.15) is 0 Å². The minimum atomic E-state index is -0.547. The summed E-state index contributed by atoms with van der Waals surface area (Å²) in [6.45, 7) is 2.81. The smallest absolute Gasteiger partial charge is 0.273 e. The first-order valence-electron chi connectivity index (χ1n) is 13.2. The zero-order chi connectivity index (χ0) is 26.6. The first-order valence-corrected chi connectivity index (χ1v) is 13.2. The predicted molar refractivity (Wildman–Crippen MR) is 142 cm³/mol. The van der Waals surface area contributed by atoms with E-state index in [9.17, 15) is 14.4 Å². The number of likely N-dealkylation sites (tertiary alicyclic amines) is 1. The zero-order valence-electron chi connectivity index (χ0n) is 21.4. The van der Waals surface area contributed by atoms with Crippen molar-refractivity contribution < 1.29 is 18.9 Å². The van der Waals surface area contributed by atoms with Crippen LogP contribution in [0.2, 0.25) is 0 Å². The number of hydrogen-bond donors (Lipinski definition) is 3. The number of carbonyl (C=O) groups is 3. The van der Waals surface area contributed by atoms with Gasteiger partial charge in [-0.25, -0.2) is 0 Å². The van der Waals surface area contributed by atoms with E-state index in [0.29, 0.717) is 43.1 Å². The average Bonchev–Trinajstić information content (AvgIpc) is 3.67. The highest BCUT2D eigenvalue weighted by molar-refractivity contribution is 6.04. The van der Waals surface area contributed by atoms with Gasteiger partial charge in [0.25, 0.3) is 11.8 Å². The number of hydrogen-bond acceptors (Lipinski definition) is 6. The van der Waals surface area contributed by atoms with Crippen molar-refractivity contribution in [1.82, 2.24) is 15.4 Å². The second-order valence-electron chi connectivity index (χ2n) is 10.2. The highest BCUT2D eigenvalue weighted by Crippen LogP contribution is 2.40. The second-order valence-corrected chi connectivity index (χ2v) is 10.2. The summed E-state index contributed by atoms with van der Waals surface area (Å²) in [5.41, 5.74) is 8.08. The number of carbonyl (C=O) groups excluding carboxylic acids is 3. The topological polar surface area (TPSA) is 131 Å². The fourth-order valence-electron chi connectivity index (χ4n) is 4.98. The fourth-order valence-corrected chi connectivity index (χ4v) is 4.98. The monoisotopic (exact) mass is 515 g/mol. The van der Waals surface area contributed by atoms with Crippen LogP contribution < -0.4 is 16.4 Å². The van der Waals surface area contributed by atoms with Crippen molar-refractivity contribution in [2.45, 2.75) is 50.6 Å². The molecule has 198 valence electrons. The van der Waals surface area contributed by atoms with Gasteiger partial charge in [0.05, 0.1) is 12.1 Å². The van der Waals surface area contributed by atoms with Gasteiger partial charge < -0.3 is 25.8 Å². The molecule has 1 saturated carbocycles. The lowest BCUT2D eigenvalue weighted by molar-refractivity contribution is -0.133. The third kappa shape index (κ3) is 5.94. The molecule has 4 N–H and O–H groups in total. The van der Waals surface area contributed by atoms with E-state index in [4.69, 9.17) is 10.3 Å². The molecule has 9 nitrogen and oxygen atoms in total. The van der Waals surface area contributed by atoms with Crippen LogP contribution in [0.25, 0.3) is 0 Å². The highest BCUT2D eigenvalue weighted by Gasteiger charge is 2.33. The molecule has 1 aliphatic heterocycles. The highest BCUT2D eigenvalue weighted by atomic mass is 16.5. The molecular formula is C29H33N5O4. The number of piperidine rings is 1. The Morgan fingerprint density at radius 2 is 1.71 bits per heavy atom. The molecule has 2 aliphatic rings. The third-order valence-corrected chi connectivity index (χ3v) is 7.28. The van der Waals surface area contributed by atoms with Crippen LogP contribution in [0.1, 0.15) is 76.7 Å². The Bertz CT molecular complexity index is 1290. The van der Waals surface area contributed by atoms with E-state index in [0.717, 1.165) is 24.2 Å². The summed E-state index contributed by atoms with van der Waals surface area (Å²) in [4.78, 5) is 40.4. The third-order valence-electron chi connectivity index (χ3n) is 7.28. The van der Waals surface area contributed by atoms with Crippen molar-refractivity contribution >= 4 is 23.4 Å². The summed E-state index contributed by atoms with van der Waals surface area (Å²) in [6, 6.07) is 17.4. The van der Waals surface area contributed by atoms with Gasteiger partial charge in [-0.1, -0.05) is 35.5 Å². The summed E-state index contributed by atoms with van der Waals surface area (Å²) < 4.78 is 5.39. The summed E-state index contributed by atoms with van der Waals surface area (Å²) in [5, 5.41) is 10.1. The Balaban J connectivity index is 1.36. The number of rotatable bonds is 8. The maximum absolute atomic E-state index is 13.3. The molecule has 0 bridgehead atoms. The SMILES string of the molecule is C[C@@H](N)C(=O)N1CCC(C(NC(=O)c2cc(C3CC3)on2)c2cccc(C(=O)Nc3ccccc3)c2)CC1. The normalized spacial score (nSPS) is 17.5. The van der Waals surface area contributed by atoms with Crippen molar-refractivity contribution in [2.75, 3.05) is 18.4 Å². The quantitative estimate of drug-likeness (QED) is 0.418. The van der Waals surface area contributed by atoms with E-state index in [1.54, 1.807) is 24.0 Å². The van der Waals surface area contributed by atoms with Crippen LogP contribution in [0.15, 0.2) is 65.2 Å². The van der Waals surface area contributed by atoms with E-state index >= 15 is 0 Å². The summed E-state index contributed by atoms with van der Waals surface area (Å²) in [5.74, 6) is 0.530. The van der Waals surface area contributed by atoms with Gasteiger partial charge in [0.15, 0.2) is 5.69 Å². The average molecular weight is 516 g/mol. The van der Waals surface area contributed by atoms with Gasteiger partial charge >= 0.3 is 0 Å². The molecule has 2 aromatic carbocycles. The predicted octanol–water partition coefficient (Wildman–Crippen LogP) is 3.86. The van der Waals surface area contributed by atoms with Crippen LogP contribution in [-0.2, 0) is 4.79 Å². The number of nitrogens with one attached hydrogen (secondary N) is 2. The van der Waals surface area contributed by atoms with Gasteiger partial charge in [0.1, 0.15) is 5.76 Å². The van der Waals surface area contributed by atoms with E-state index in [2.05, 4.69) is 15.8 Å². The number of anilines is 1. The minimum absolute atomic E-state index is 0.0540. The largest absolute Gasteiger partial charge is 0.360 e. The lowest BCUT2D eigenvalue weighted by Crippen LogP contribution is -2.47. The van der Waals surface area contributed by atoms with Gasteiger partial charge in [0.2, 0.25) is 5.91 Å². The molecule has 1 aliphatic carbocycles. The Labute approximate surface area is 221 Å². The number of nitrogens with zero attached hydrogens (tertiary/aromatic N) is 2. The van der Waals surface area contributed by atoms with Crippen LogP contribution >= 0.6 is 0 Å². The first kappa shape index (κ1) is 25.7. The van der Waals surface area contributed by atoms with Crippen LogP contribution in [0.4, 0.5) is 5.69 Å². The molecule has 0 radical (unpaired) electrons. The first-order chi connectivity index (χ1) is 18.4. The molecular weight excluding hydrogens is 482 g/mol. The van der Waals surface area contributed by atoms with Gasteiger partial charge in [-0.3, -0.25) is 14.4 Å². The summed E-state index contributed by atoms with van der Waals surface area (Å²) in [7, 11) is 0. The van der Waals surface area contributed by atoms with Crippen molar-refractivity contribution in [1.29, 1.82) is 0 Å². The van der Waals surface area contributed by atoms with Crippen LogP contribution in [0, 0.1) is 5.92 Å². The second kappa shape index (κ2) is 11.2. The maximum atomic E-state index is 13.3. The van der Waals surface area contributed by atoms with Gasteiger partial charge in [0, 0.05) is 36.3 Å². The summed E-state index contributed by atoms with van der Waals surface area (Å²) in [6.07, 6.45) is 3.48. The molecule has 1 aromatic heterocycles. The van der Waals surface area contributed by atoms with Gasteiger partial charge in [-0.05, 0) is 68.4 Å². The maximum Gasteiger partial charge on any atom is 0.273 e. The molecule has 2 atom stereocenters. The Morgan fingerprint density at radius 3 is 2.39 bits per heavy atom. The number of aromatic nitrogens is 1. The Hall–Kier alpha value is -3.98. The van der Waals surface area contributed by atoms with Crippen LogP contribution in [0.5, 0.6) is 0 Å². The van der Waals surface area contributed by atoms with Crippen molar-refractivity contribution in [3.63, 3.8) is 0 Å². The number of amides is 3. The lowest BCUT2D eigenvalue weighted by atomic mass is 9.84. The van der Waals surface area contributed by atoms with E-state index < -0.39 is 6.04 Å². The molecule has 3 amide bonds. The van der Waals surface area contributed by atoms with Crippen molar-refractivity contribution in [2.24, 2.45) is 11.7 Å². The molecule has 3 aromatic rings. The van der Waals surface area contributed by atoms with Crippen molar-refractivity contribution in [3.8, 4) is 0 Å². The molecule has 1 saturated heterocycles. The number of para-hydroxylation sites is 1. The molecule has 2 fully saturated rings. The molecule has 5 rings (SSSR count). The zero-order valence-corrected chi connectivity index (χ0v) is 21.4. The number of nitrogens with two attached hydrogens (primary N) is 1. The number of benzene rings is 2. The molecule has 2 heterocycles. The standard InChI is InChI=1S/C29H33N5O4/c1-18(30)29(37)34-14-12-20(13-15-34)26(32-28(36)24-17-25(38-33-24)19-10-11-19)21-6-5-7-22(16-21)27(35)31-23-8-3-2-4-9-23/h2-9,16-20,26H,10-15,30H2,1H3,(H,31,35)(H,32,36)/t18-,26?/m1/s1.